The second-order valence-electron chi connectivity index (χ2n) is 23.7. The van der Waals surface area contributed by atoms with Gasteiger partial charge in [0, 0.05) is 36.1 Å². The van der Waals surface area contributed by atoms with Crippen molar-refractivity contribution in [1.82, 2.24) is 0 Å². The van der Waals surface area contributed by atoms with Crippen molar-refractivity contribution in [2.45, 2.75) is 0 Å². The number of halogens is 4. The van der Waals surface area contributed by atoms with E-state index in [-0.39, 0.29) is 33.1 Å². The topological polar surface area (TPSA) is 312 Å². The molecule has 13 rings (SSSR count). The summed E-state index contributed by atoms with van der Waals surface area (Å²) in [5.41, 5.74) is 14.1. The minimum absolute atomic E-state index is 0.0188. The molecule has 0 amide bonds. The van der Waals surface area contributed by atoms with Crippen molar-refractivity contribution in [2.75, 3.05) is 21.3 Å². The van der Waals surface area contributed by atoms with E-state index in [1.165, 1.54) is 74.9 Å². The lowest BCUT2D eigenvalue weighted by Gasteiger charge is -2.09. The third-order valence-corrected chi connectivity index (χ3v) is 18.9. The third-order valence-electron chi connectivity index (χ3n) is 16.8. The van der Waals surface area contributed by atoms with Gasteiger partial charge in [0.05, 0.1) is 80.6 Å². The highest BCUT2D eigenvalue weighted by Crippen LogP contribution is 2.39. The summed E-state index contributed by atoms with van der Waals surface area (Å²) in [6.45, 7) is 0. The molecule has 0 aliphatic rings. The van der Waals surface area contributed by atoms with Gasteiger partial charge in [0.2, 0.25) is 0 Å². The molecule has 0 saturated heterocycles. The summed E-state index contributed by atoms with van der Waals surface area (Å²) >= 11 is 13.4. The van der Waals surface area contributed by atoms with Gasteiger partial charge in [-0.1, -0.05) is 209 Å². The van der Waals surface area contributed by atoms with Crippen LogP contribution in [0.3, 0.4) is 0 Å². The summed E-state index contributed by atoms with van der Waals surface area (Å²) in [4.78, 5) is 89.7. The summed E-state index contributed by atoms with van der Waals surface area (Å²) in [6, 6.07) is 86.3. The zero-order chi connectivity index (χ0) is 80.5. The van der Waals surface area contributed by atoms with Gasteiger partial charge in [-0.2, -0.15) is 0 Å². The van der Waals surface area contributed by atoms with Crippen LogP contribution in [0.2, 0.25) is 0 Å². The van der Waals surface area contributed by atoms with Gasteiger partial charge in [-0.05, 0) is 206 Å². The van der Waals surface area contributed by atoms with Crippen molar-refractivity contribution in [1.29, 1.82) is 0 Å². The highest BCUT2D eigenvalue weighted by atomic mass is 79.9. The van der Waals surface area contributed by atoms with Crippen molar-refractivity contribution >= 4 is 118 Å². The van der Waals surface area contributed by atoms with Crippen LogP contribution in [0, 0.1) is 30.3 Å². The van der Waals surface area contributed by atoms with Gasteiger partial charge in [-0.3, -0.25) is 30.3 Å². The molecule has 3 N–H and O–H groups in total. The highest BCUT2D eigenvalue weighted by molar-refractivity contribution is 9.11. The number of nitrogens with zero attached hydrogens (tertiary/aromatic N) is 3. The Morgan fingerprint density at radius 3 is 0.759 bits per heavy atom. The number of nitro groups is 3. The quantitative estimate of drug-likeness (QED) is 0.0236. The van der Waals surface area contributed by atoms with Crippen LogP contribution in [0.5, 0.6) is 5.75 Å². The predicted octanol–water partition coefficient (Wildman–Crippen LogP) is 22.2. The Kier molecular flexibility index (Phi) is 29.7. The van der Waals surface area contributed by atoms with Gasteiger partial charge >= 0.3 is 37.5 Å². The molecule has 0 aromatic heterocycles. The van der Waals surface area contributed by atoms with Crippen LogP contribution >= 0.6 is 63.7 Å². The number of nitro benzene ring substituents is 3. The van der Waals surface area contributed by atoms with E-state index in [0.717, 1.165) is 46.8 Å². The molecule has 21 nitrogen and oxygen atoms in total. The first-order valence-corrected chi connectivity index (χ1v) is 36.4. The number of aromatic carboxylic acids is 2. The number of benzene rings is 13. The maximum Gasteiger partial charge on any atom is 0.569 e. The average Bonchev–Trinajstić information content (AvgIpc) is 0.802. The molecule has 13 aromatic rings. The first-order chi connectivity index (χ1) is 53.8. The standard InChI is InChI=1S/C28H21NO6.C26H17NO6.C12H7Br2NO2.C12H8Br2.C8H8BO4/c1-34-27(30)22-11-5-19(6-12-22)18-3-9-21(10-4-18)25-16-15-24(17-26(25)29(32)33)20-7-13-23(14-8-20)28(31)35-2;28-25(29)20-9-3-17(4-10-20)16-1-7-19(8-2-16)23-14-13-22(15-24(23)27(32)33)18-5-11-21(12-6-18)26(30)31;13-9-3-1-8(2-4-9)11-6-5-10(14)7-12(11)15(16)17;13-11-5-1-9(2-6-11)10-3-7-12(14)8-4-10;1-12-8(10)6-2-4-7(5-3-6)13-9-11/h3-17H,1-2H3;1-15H,(H,28,29)(H,30,31);1-7H;1-8H;2-5,11H,1H3. The SMILES string of the molecule is Brc1ccc(-c2ccc(Br)cc2)cc1.COC(=O)c1ccc(-c2ccc(-c3ccc(-c4ccc(C(=O)OC)cc4)cc3[N+](=O)[O-])cc2)cc1.COC(=O)c1ccc(O[B]O)cc1.O=C(O)c1ccc(-c2ccc(-c3ccc(-c4ccc(C(=O)O)cc4)cc3[N+](=O)[O-])cc2)cc1.O=[N+]([O-])c1cc(Br)ccc1-c1ccc(Br)cc1. The molecular weight excluding hydrogens is 1690 g/mol. The Morgan fingerprint density at radius 1 is 0.286 bits per heavy atom. The number of hydrogen-bond donors (Lipinski definition) is 3. The lowest BCUT2D eigenvalue weighted by molar-refractivity contribution is -0.384. The summed E-state index contributed by atoms with van der Waals surface area (Å²) in [6.07, 6.45) is 0. The van der Waals surface area contributed by atoms with Crippen LogP contribution in [0.4, 0.5) is 17.1 Å². The lowest BCUT2D eigenvalue weighted by Crippen LogP contribution is -2.02. The molecule has 0 atom stereocenters. The summed E-state index contributed by atoms with van der Waals surface area (Å²) < 4.78 is 22.4. The van der Waals surface area contributed by atoms with Crippen molar-refractivity contribution < 1.29 is 72.8 Å². The molecule has 0 aliphatic carbocycles. The van der Waals surface area contributed by atoms with Crippen molar-refractivity contribution in [3.8, 4) is 94.8 Å². The number of carbonyl (C=O) groups excluding carboxylic acids is 3. The number of carboxylic acid groups (broad SMARTS) is 2. The van der Waals surface area contributed by atoms with E-state index < -0.39 is 39.7 Å². The van der Waals surface area contributed by atoms with Crippen LogP contribution in [-0.4, -0.2) is 88.9 Å². The Morgan fingerprint density at radius 2 is 0.491 bits per heavy atom. The second kappa shape index (κ2) is 40.0. The molecule has 1 radical (unpaired) electrons. The normalized spacial score (nSPS) is 10.2. The van der Waals surface area contributed by atoms with E-state index in [4.69, 9.17) is 24.7 Å². The van der Waals surface area contributed by atoms with E-state index in [1.807, 2.05) is 78.9 Å². The first kappa shape index (κ1) is 83.2. The Balaban J connectivity index is 0.000000171. The molecule has 0 bridgehead atoms. The van der Waals surface area contributed by atoms with E-state index in [1.54, 1.807) is 127 Å². The summed E-state index contributed by atoms with van der Waals surface area (Å²) in [5.74, 6) is -2.83. The number of methoxy groups -OCH3 is 3. The summed E-state index contributed by atoms with van der Waals surface area (Å²) in [7, 11) is 4.54. The fourth-order valence-corrected chi connectivity index (χ4v) is 12.1. The Bertz CT molecular complexity index is 5470. The van der Waals surface area contributed by atoms with E-state index in [2.05, 4.69) is 122 Å². The van der Waals surface area contributed by atoms with Crippen LogP contribution in [-0.2, 0) is 14.2 Å². The van der Waals surface area contributed by atoms with Gasteiger partial charge in [0.15, 0.2) is 0 Å². The van der Waals surface area contributed by atoms with Gasteiger partial charge < -0.3 is 34.1 Å². The molecule has 559 valence electrons. The van der Waals surface area contributed by atoms with Gasteiger partial charge in [-0.25, -0.2) is 24.0 Å². The van der Waals surface area contributed by atoms with Crippen molar-refractivity contribution in [3.05, 3.63) is 373 Å². The first-order valence-electron chi connectivity index (χ1n) is 33.2. The van der Waals surface area contributed by atoms with E-state index in [0.29, 0.717) is 79.1 Å². The number of carboxylic acids is 2. The average molecular weight is 1750 g/mol. The smallest absolute Gasteiger partial charge is 0.537 e. The zero-order valence-corrected chi connectivity index (χ0v) is 65.5. The van der Waals surface area contributed by atoms with Gasteiger partial charge in [0.25, 0.3) is 17.1 Å². The minimum atomic E-state index is -1.04. The number of esters is 3. The monoisotopic (exact) mass is 1750 g/mol. The molecule has 13 aromatic carbocycles. The number of ether oxygens (including phenoxy) is 3. The maximum absolute atomic E-state index is 11.9. The third kappa shape index (κ3) is 22.6. The maximum atomic E-state index is 11.9. The van der Waals surface area contributed by atoms with E-state index in [9.17, 15) is 54.3 Å². The molecule has 0 saturated carbocycles. The van der Waals surface area contributed by atoms with Crippen LogP contribution in [0.15, 0.2) is 315 Å². The van der Waals surface area contributed by atoms with Crippen molar-refractivity contribution in [3.63, 3.8) is 0 Å². The Hall–Kier alpha value is -12.8. The molecular formula is C86H61BBr4N3O18. The number of rotatable bonds is 18. The lowest BCUT2D eigenvalue weighted by atomic mass is 9.96. The van der Waals surface area contributed by atoms with Crippen molar-refractivity contribution in [2.24, 2.45) is 0 Å². The molecule has 112 heavy (non-hydrogen) atoms. The molecule has 0 spiro atoms. The zero-order valence-electron chi connectivity index (χ0n) is 59.2. The molecule has 0 unspecified atom stereocenters. The molecule has 0 aliphatic heterocycles. The molecule has 26 heteroatoms. The fourth-order valence-electron chi connectivity index (χ4n) is 11.0. The minimum Gasteiger partial charge on any atom is -0.537 e. The van der Waals surface area contributed by atoms with Crippen LogP contribution < -0.4 is 4.65 Å². The molecule has 0 heterocycles. The largest absolute Gasteiger partial charge is 0.569 e. The van der Waals surface area contributed by atoms with Crippen LogP contribution in [0.1, 0.15) is 51.8 Å². The number of carbonyl (C=O) groups is 5. The fraction of sp³-hybridized carbons (Fsp3) is 0.0349. The van der Waals surface area contributed by atoms with E-state index >= 15 is 0 Å². The Labute approximate surface area is 675 Å². The second-order valence-corrected chi connectivity index (χ2v) is 27.4. The number of hydrogen-bond acceptors (Lipinski definition) is 16. The van der Waals surface area contributed by atoms with Gasteiger partial charge in [-0.15, -0.1) is 0 Å². The predicted molar refractivity (Wildman–Crippen MR) is 443 cm³/mol. The molecule has 0 fully saturated rings. The highest BCUT2D eigenvalue weighted by Gasteiger charge is 2.21. The van der Waals surface area contributed by atoms with Gasteiger partial charge in [0.1, 0.15) is 5.75 Å². The summed E-state index contributed by atoms with van der Waals surface area (Å²) in [5, 5.41) is 61.0. The van der Waals surface area contributed by atoms with Crippen LogP contribution in [0.25, 0.3) is 89.0 Å².